The fraction of sp³-hybridized carbons (Fsp3) is 0.353. The molecule has 1 unspecified atom stereocenters. The van der Waals surface area contributed by atoms with Crippen LogP contribution in [0.3, 0.4) is 0 Å². The SMILES string of the molecule is CCCCCC(Oc1ccccc1)(C(N)=O)c1ccncn1. The lowest BCUT2D eigenvalue weighted by atomic mass is 9.91. The summed E-state index contributed by atoms with van der Waals surface area (Å²) in [6.45, 7) is 2.11. The standard InChI is InChI=1S/C17H21N3O2/c1-2-3-7-11-17(16(18)21,15-10-12-19-13-20-15)22-14-8-5-4-6-9-14/h4-6,8-10,12-13H,2-3,7,11H2,1H3,(H2,18,21). The van der Waals surface area contributed by atoms with Gasteiger partial charge in [-0.1, -0.05) is 38.0 Å². The van der Waals surface area contributed by atoms with E-state index in [9.17, 15) is 4.79 Å². The number of rotatable bonds is 8. The zero-order chi connectivity index (χ0) is 15.8. The highest BCUT2D eigenvalue weighted by atomic mass is 16.5. The summed E-state index contributed by atoms with van der Waals surface area (Å²) in [4.78, 5) is 20.4. The molecule has 2 aromatic rings. The molecule has 0 aliphatic heterocycles. The molecule has 0 aliphatic rings. The zero-order valence-corrected chi connectivity index (χ0v) is 12.7. The first kappa shape index (κ1) is 15.9. The van der Waals surface area contributed by atoms with Crippen molar-refractivity contribution >= 4 is 5.91 Å². The maximum Gasteiger partial charge on any atom is 0.268 e. The Labute approximate surface area is 130 Å². The van der Waals surface area contributed by atoms with Crippen LogP contribution in [0.5, 0.6) is 5.75 Å². The van der Waals surface area contributed by atoms with Gasteiger partial charge < -0.3 is 10.5 Å². The number of hydrogen-bond acceptors (Lipinski definition) is 4. The Kier molecular flexibility index (Phi) is 5.47. The van der Waals surface area contributed by atoms with Gasteiger partial charge in [0.05, 0.1) is 5.69 Å². The summed E-state index contributed by atoms with van der Waals surface area (Å²) < 4.78 is 6.03. The van der Waals surface area contributed by atoms with Crippen molar-refractivity contribution < 1.29 is 9.53 Å². The highest BCUT2D eigenvalue weighted by molar-refractivity contribution is 5.84. The van der Waals surface area contributed by atoms with Crippen LogP contribution < -0.4 is 10.5 Å². The Morgan fingerprint density at radius 1 is 1.23 bits per heavy atom. The molecule has 0 fully saturated rings. The fourth-order valence-corrected chi connectivity index (χ4v) is 2.37. The van der Waals surface area contributed by atoms with Crippen molar-refractivity contribution in [2.24, 2.45) is 5.73 Å². The van der Waals surface area contributed by atoms with Crippen molar-refractivity contribution in [3.05, 3.63) is 54.6 Å². The predicted molar refractivity (Wildman–Crippen MR) is 84.1 cm³/mol. The molecule has 0 spiro atoms. The van der Waals surface area contributed by atoms with Crippen LogP contribution in [0.1, 0.15) is 38.3 Å². The number of nitrogens with zero attached hydrogens (tertiary/aromatic N) is 2. The quantitative estimate of drug-likeness (QED) is 0.760. The van der Waals surface area contributed by atoms with Crippen LogP contribution in [0.15, 0.2) is 48.9 Å². The Bertz CT molecular complexity index is 589. The van der Waals surface area contributed by atoms with Crippen LogP contribution in [0.25, 0.3) is 0 Å². The van der Waals surface area contributed by atoms with Gasteiger partial charge >= 0.3 is 0 Å². The van der Waals surface area contributed by atoms with Gasteiger partial charge in [-0.15, -0.1) is 0 Å². The monoisotopic (exact) mass is 299 g/mol. The van der Waals surface area contributed by atoms with Crippen molar-refractivity contribution in [3.63, 3.8) is 0 Å². The summed E-state index contributed by atoms with van der Waals surface area (Å²) in [5.74, 6) is 0.0579. The number of amides is 1. The number of primary amides is 1. The third kappa shape index (κ3) is 3.61. The van der Waals surface area contributed by atoms with E-state index in [2.05, 4.69) is 16.9 Å². The maximum atomic E-state index is 12.3. The largest absolute Gasteiger partial charge is 0.471 e. The van der Waals surface area contributed by atoms with E-state index in [4.69, 9.17) is 10.5 Å². The van der Waals surface area contributed by atoms with Crippen molar-refractivity contribution in [1.82, 2.24) is 9.97 Å². The van der Waals surface area contributed by atoms with Gasteiger partial charge in [-0.2, -0.15) is 0 Å². The van der Waals surface area contributed by atoms with Crippen molar-refractivity contribution in [1.29, 1.82) is 0 Å². The minimum Gasteiger partial charge on any atom is -0.471 e. The number of ether oxygens (including phenoxy) is 1. The number of unbranched alkanes of at least 4 members (excludes halogenated alkanes) is 2. The van der Waals surface area contributed by atoms with Crippen molar-refractivity contribution in [3.8, 4) is 5.75 Å². The fourth-order valence-electron chi connectivity index (χ4n) is 2.37. The third-order valence-corrected chi connectivity index (χ3v) is 3.56. The van der Waals surface area contributed by atoms with Crippen LogP contribution in [-0.4, -0.2) is 15.9 Å². The first-order chi connectivity index (χ1) is 10.7. The van der Waals surface area contributed by atoms with Crippen LogP contribution >= 0.6 is 0 Å². The average Bonchev–Trinajstić information content (AvgIpc) is 2.55. The molecule has 0 saturated carbocycles. The lowest BCUT2D eigenvalue weighted by molar-refractivity contribution is -0.135. The highest BCUT2D eigenvalue weighted by Crippen LogP contribution is 2.32. The Hall–Kier alpha value is -2.43. The molecule has 0 saturated heterocycles. The number of aromatic nitrogens is 2. The molecule has 22 heavy (non-hydrogen) atoms. The van der Waals surface area contributed by atoms with Gasteiger partial charge in [-0.25, -0.2) is 9.97 Å². The molecule has 1 aromatic heterocycles. The molecule has 0 bridgehead atoms. The van der Waals surface area contributed by atoms with E-state index in [1.54, 1.807) is 24.4 Å². The maximum absolute atomic E-state index is 12.3. The van der Waals surface area contributed by atoms with Crippen molar-refractivity contribution in [2.75, 3.05) is 0 Å². The van der Waals surface area contributed by atoms with Gasteiger partial charge in [-0.3, -0.25) is 4.79 Å². The number of carbonyl (C=O) groups excluding carboxylic acids is 1. The number of hydrogen-bond donors (Lipinski definition) is 1. The van der Waals surface area contributed by atoms with Gasteiger partial charge in [0.25, 0.3) is 5.91 Å². The molecule has 1 atom stereocenters. The summed E-state index contributed by atoms with van der Waals surface area (Å²) in [6, 6.07) is 10.9. The number of para-hydroxylation sites is 1. The van der Waals surface area contributed by atoms with Crippen LogP contribution in [0.4, 0.5) is 0 Å². The van der Waals surface area contributed by atoms with Crippen LogP contribution in [-0.2, 0) is 10.4 Å². The summed E-state index contributed by atoms with van der Waals surface area (Å²) in [6.07, 6.45) is 6.36. The van der Waals surface area contributed by atoms with Gasteiger partial charge in [0.1, 0.15) is 12.1 Å². The smallest absolute Gasteiger partial charge is 0.268 e. The molecule has 0 aliphatic carbocycles. The van der Waals surface area contributed by atoms with Gasteiger partial charge in [0.15, 0.2) is 0 Å². The van der Waals surface area contributed by atoms with Gasteiger partial charge in [0.2, 0.25) is 5.60 Å². The van der Waals surface area contributed by atoms with E-state index in [-0.39, 0.29) is 0 Å². The van der Waals surface area contributed by atoms with E-state index >= 15 is 0 Å². The summed E-state index contributed by atoms with van der Waals surface area (Å²) in [5, 5.41) is 0. The Balaban J connectivity index is 2.38. The highest BCUT2D eigenvalue weighted by Gasteiger charge is 2.42. The molecule has 5 heteroatoms. The predicted octanol–water partition coefficient (Wildman–Crippen LogP) is 2.82. The van der Waals surface area contributed by atoms with E-state index in [0.717, 1.165) is 19.3 Å². The topological polar surface area (TPSA) is 78.1 Å². The second kappa shape index (κ2) is 7.54. The minimum atomic E-state index is -1.26. The summed E-state index contributed by atoms with van der Waals surface area (Å²) in [5.41, 5.74) is 4.94. The molecule has 0 radical (unpaired) electrons. The van der Waals surface area contributed by atoms with Crippen LogP contribution in [0, 0.1) is 0 Å². The molecule has 1 amide bonds. The van der Waals surface area contributed by atoms with Crippen LogP contribution in [0.2, 0.25) is 0 Å². The molecule has 2 N–H and O–H groups in total. The lowest BCUT2D eigenvalue weighted by Gasteiger charge is -2.31. The second-order valence-electron chi connectivity index (χ2n) is 5.16. The molecule has 5 nitrogen and oxygen atoms in total. The van der Waals surface area contributed by atoms with E-state index in [0.29, 0.717) is 17.9 Å². The zero-order valence-electron chi connectivity index (χ0n) is 12.7. The first-order valence-corrected chi connectivity index (χ1v) is 7.49. The Morgan fingerprint density at radius 2 is 2.00 bits per heavy atom. The third-order valence-electron chi connectivity index (χ3n) is 3.56. The normalized spacial score (nSPS) is 13.3. The molecular formula is C17H21N3O2. The average molecular weight is 299 g/mol. The molecule has 116 valence electrons. The molecular weight excluding hydrogens is 278 g/mol. The van der Waals surface area contributed by atoms with Crippen molar-refractivity contribution in [2.45, 2.75) is 38.2 Å². The number of benzene rings is 1. The second-order valence-corrected chi connectivity index (χ2v) is 5.16. The van der Waals surface area contributed by atoms with E-state index < -0.39 is 11.5 Å². The minimum absolute atomic E-state index is 0.488. The molecule has 2 rings (SSSR count). The summed E-state index contributed by atoms with van der Waals surface area (Å²) >= 11 is 0. The molecule has 1 heterocycles. The Morgan fingerprint density at radius 3 is 2.59 bits per heavy atom. The van der Waals surface area contributed by atoms with E-state index in [1.165, 1.54) is 6.33 Å². The summed E-state index contributed by atoms with van der Waals surface area (Å²) in [7, 11) is 0. The first-order valence-electron chi connectivity index (χ1n) is 7.49. The number of nitrogens with two attached hydrogens (primary N) is 1. The van der Waals surface area contributed by atoms with E-state index in [1.807, 2.05) is 18.2 Å². The van der Waals surface area contributed by atoms with Gasteiger partial charge in [-0.05, 0) is 24.6 Å². The lowest BCUT2D eigenvalue weighted by Crippen LogP contribution is -2.47. The number of carbonyl (C=O) groups is 1. The van der Waals surface area contributed by atoms with Gasteiger partial charge in [0, 0.05) is 12.6 Å². The molecule has 1 aromatic carbocycles.